The molecule has 0 aromatic heterocycles. The lowest BCUT2D eigenvalue weighted by Gasteiger charge is -2.36. The van der Waals surface area contributed by atoms with Crippen molar-refractivity contribution in [1.29, 1.82) is 0 Å². The van der Waals surface area contributed by atoms with Crippen LogP contribution in [-0.2, 0) is 4.79 Å². The van der Waals surface area contributed by atoms with E-state index in [1.807, 2.05) is 25.6 Å². The average molecular weight is 546 g/mol. The Morgan fingerprint density at radius 3 is 2.40 bits per heavy atom. The monoisotopic (exact) mass is 545 g/mol. The average Bonchev–Trinajstić information content (AvgIpc) is 3.45. The van der Waals surface area contributed by atoms with E-state index in [4.69, 9.17) is 4.99 Å². The highest BCUT2D eigenvalue weighted by Crippen LogP contribution is 2.51. The fourth-order valence-corrected chi connectivity index (χ4v) is 4.73. The number of carbonyl (C=O) groups excluding carboxylic acids is 1. The lowest BCUT2D eigenvalue weighted by molar-refractivity contribution is -0.123. The molecule has 0 unspecified atom stereocenters. The van der Waals surface area contributed by atoms with Crippen molar-refractivity contribution < 1.29 is 4.79 Å². The van der Waals surface area contributed by atoms with Crippen molar-refractivity contribution in [2.24, 2.45) is 4.99 Å². The number of rotatable bonds is 8. The van der Waals surface area contributed by atoms with Gasteiger partial charge in [0.2, 0.25) is 5.91 Å². The highest BCUT2D eigenvalue weighted by atomic mass is 127. The molecule has 0 spiro atoms. The van der Waals surface area contributed by atoms with Crippen molar-refractivity contribution >= 4 is 47.6 Å². The molecule has 2 aliphatic rings. The molecular weight excluding hydrogens is 509 g/mol. The van der Waals surface area contributed by atoms with Crippen molar-refractivity contribution in [3.05, 3.63) is 30.3 Å². The van der Waals surface area contributed by atoms with Crippen molar-refractivity contribution in [3.8, 4) is 0 Å². The van der Waals surface area contributed by atoms with Crippen molar-refractivity contribution in [3.63, 3.8) is 0 Å². The predicted octanol–water partition coefficient (Wildman–Crippen LogP) is 3.04. The molecule has 1 saturated heterocycles. The second kappa shape index (κ2) is 12.1. The number of nitrogens with zero attached hydrogens (tertiary/aromatic N) is 3. The van der Waals surface area contributed by atoms with Gasteiger partial charge in [0.05, 0.1) is 13.1 Å². The Morgan fingerprint density at radius 2 is 1.83 bits per heavy atom. The predicted molar refractivity (Wildman–Crippen MR) is 137 cm³/mol. The zero-order valence-electron chi connectivity index (χ0n) is 18.4. The van der Waals surface area contributed by atoms with Gasteiger partial charge in [0.25, 0.3) is 0 Å². The van der Waals surface area contributed by atoms with Crippen LogP contribution in [0.4, 0.5) is 0 Å². The molecule has 1 aromatic carbocycles. The highest BCUT2D eigenvalue weighted by Gasteiger charge is 2.43. The maximum atomic E-state index is 12.0. The summed E-state index contributed by atoms with van der Waals surface area (Å²) in [6.45, 7) is 11.9. The summed E-state index contributed by atoms with van der Waals surface area (Å²) in [5.74, 6) is 1.13. The zero-order chi connectivity index (χ0) is 20.7. The zero-order valence-corrected chi connectivity index (χ0v) is 21.5. The van der Waals surface area contributed by atoms with Crippen LogP contribution in [0.5, 0.6) is 0 Å². The van der Waals surface area contributed by atoms with Crippen molar-refractivity contribution in [1.82, 2.24) is 20.4 Å². The molecule has 2 fully saturated rings. The fraction of sp³-hybridized carbons (Fsp3) is 0.636. The SMILES string of the molecule is CCNC(=NCC1(Sc2ccccc2)CC1)N1CCN(CC(=O)NC(C)C)CC1.I. The summed E-state index contributed by atoms with van der Waals surface area (Å²) in [7, 11) is 0. The summed E-state index contributed by atoms with van der Waals surface area (Å²) in [5.41, 5.74) is 0. The molecular formula is C22H36IN5OS. The third kappa shape index (κ3) is 7.92. The molecule has 8 heteroatoms. The van der Waals surface area contributed by atoms with Gasteiger partial charge in [0, 0.05) is 48.4 Å². The molecule has 3 rings (SSSR count). The molecule has 0 bridgehead atoms. The standard InChI is InChI=1S/C22H35N5OS.HI/c1-4-23-21(24-17-22(10-11-22)29-19-8-6-5-7-9-19)27-14-12-26(13-15-27)16-20(28)25-18(2)3;/h5-9,18H,4,10-17H2,1-3H3,(H,23,24)(H,25,28);1H. The van der Waals surface area contributed by atoms with Crippen LogP contribution in [0.25, 0.3) is 0 Å². The first kappa shape index (κ1) is 25.3. The molecule has 0 radical (unpaired) electrons. The topological polar surface area (TPSA) is 60.0 Å². The van der Waals surface area contributed by atoms with E-state index in [1.54, 1.807) is 0 Å². The van der Waals surface area contributed by atoms with E-state index in [1.165, 1.54) is 17.7 Å². The molecule has 1 amide bonds. The van der Waals surface area contributed by atoms with Gasteiger partial charge in [-0.3, -0.25) is 14.7 Å². The number of thioether (sulfide) groups is 1. The third-order valence-electron chi connectivity index (χ3n) is 5.23. The number of halogens is 1. The molecule has 2 N–H and O–H groups in total. The fourth-order valence-electron chi connectivity index (χ4n) is 3.50. The normalized spacial score (nSPS) is 18.7. The number of benzene rings is 1. The maximum Gasteiger partial charge on any atom is 0.234 e. The number of piperazine rings is 1. The smallest absolute Gasteiger partial charge is 0.234 e. The van der Waals surface area contributed by atoms with E-state index in [-0.39, 0.29) is 40.7 Å². The number of hydrogen-bond acceptors (Lipinski definition) is 4. The van der Waals surface area contributed by atoms with E-state index in [0.29, 0.717) is 6.54 Å². The van der Waals surface area contributed by atoms with Crippen LogP contribution in [-0.4, -0.2) is 78.3 Å². The van der Waals surface area contributed by atoms with Gasteiger partial charge in [0.1, 0.15) is 0 Å². The van der Waals surface area contributed by atoms with E-state index >= 15 is 0 Å². The first-order valence-corrected chi connectivity index (χ1v) is 11.6. The minimum atomic E-state index is 0. The van der Waals surface area contributed by atoms with Gasteiger partial charge in [-0.2, -0.15) is 0 Å². The largest absolute Gasteiger partial charge is 0.357 e. The molecule has 1 aliphatic heterocycles. The minimum absolute atomic E-state index is 0. The first-order valence-electron chi connectivity index (χ1n) is 10.8. The van der Waals surface area contributed by atoms with Gasteiger partial charge in [-0.15, -0.1) is 35.7 Å². The minimum Gasteiger partial charge on any atom is -0.357 e. The summed E-state index contributed by atoms with van der Waals surface area (Å²) in [5, 5.41) is 6.44. The molecule has 1 heterocycles. The van der Waals surface area contributed by atoms with Crippen LogP contribution >= 0.6 is 35.7 Å². The summed E-state index contributed by atoms with van der Waals surface area (Å²) in [6.07, 6.45) is 2.46. The summed E-state index contributed by atoms with van der Waals surface area (Å²) < 4.78 is 0.263. The molecule has 30 heavy (non-hydrogen) atoms. The first-order chi connectivity index (χ1) is 14.0. The Bertz CT molecular complexity index is 688. The van der Waals surface area contributed by atoms with Crippen LogP contribution < -0.4 is 10.6 Å². The molecule has 6 nitrogen and oxygen atoms in total. The third-order valence-corrected chi connectivity index (χ3v) is 6.70. The molecule has 1 aliphatic carbocycles. The van der Waals surface area contributed by atoms with Crippen LogP contribution in [0.1, 0.15) is 33.6 Å². The second-order valence-corrected chi connectivity index (χ2v) is 9.80. The summed E-state index contributed by atoms with van der Waals surface area (Å²) in [6, 6.07) is 10.8. The molecule has 1 saturated carbocycles. The summed E-state index contributed by atoms with van der Waals surface area (Å²) >= 11 is 1.97. The molecule has 0 atom stereocenters. The Labute approximate surface area is 202 Å². The number of guanidine groups is 1. The lowest BCUT2D eigenvalue weighted by Crippen LogP contribution is -2.54. The Kier molecular flexibility index (Phi) is 10.2. The number of hydrogen-bond donors (Lipinski definition) is 2. The quantitative estimate of drug-likeness (QED) is 0.299. The van der Waals surface area contributed by atoms with Crippen LogP contribution in [0.2, 0.25) is 0 Å². The van der Waals surface area contributed by atoms with E-state index < -0.39 is 0 Å². The Balaban J connectivity index is 0.00000320. The maximum absolute atomic E-state index is 12.0. The second-order valence-electron chi connectivity index (χ2n) is 8.25. The lowest BCUT2D eigenvalue weighted by atomic mass is 10.3. The van der Waals surface area contributed by atoms with Gasteiger partial charge < -0.3 is 15.5 Å². The van der Waals surface area contributed by atoms with Crippen molar-refractivity contribution in [2.75, 3.05) is 45.8 Å². The van der Waals surface area contributed by atoms with E-state index in [2.05, 4.69) is 57.7 Å². The molecule has 1 aromatic rings. The summed E-state index contributed by atoms with van der Waals surface area (Å²) in [4.78, 5) is 22.9. The van der Waals surface area contributed by atoms with Gasteiger partial charge in [-0.1, -0.05) is 18.2 Å². The van der Waals surface area contributed by atoms with Gasteiger partial charge in [-0.05, 0) is 45.7 Å². The van der Waals surface area contributed by atoms with E-state index in [0.717, 1.165) is 45.2 Å². The van der Waals surface area contributed by atoms with E-state index in [9.17, 15) is 4.79 Å². The molecule has 168 valence electrons. The van der Waals surface area contributed by atoms with Gasteiger partial charge in [0.15, 0.2) is 5.96 Å². The van der Waals surface area contributed by atoms with Gasteiger partial charge in [-0.25, -0.2) is 0 Å². The number of amides is 1. The Morgan fingerprint density at radius 1 is 1.17 bits per heavy atom. The highest BCUT2D eigenvalue weighted by molar-refractivity contribution is 14.0. The number of nitrogens with one attached hydrogen (secondary N) is 2. The number of carbonyl (C=O) groups is 1. The van der Waals surface area contributed by atoms with Crippen LogP contribution in [0.15, 0.2) is 40.2 Å². The van der Waals surface area contributed by atoms with Crippen LogP contribution in [0.3, 0.4) is 0 Å². The van der Waals surface area contributed by atoms with Crippen molar-refractivity contribution in [2.45, 2.75) is 49.3 Å². The number of aliphatic imine (C=N–C) groups is 1. The van der Waals surface area contributed by atoms with Crippen LogP contribution in [0, 0.1) is 0 Å². The van der Waals surface area contributed by atoms with Gasteiger partial charge >= 0.3 is 0 Å². The Hall–Kier alpha value is -1.00.